The summed E-state index contributed by atoms with van der Waals surface area (Å²) in [6.45, 7) is 2.84. The van der Waals surface area contributed by atoms with E-state index in [1.54, 1.807) is 0 Å². The number of hydrogen-bond acceptors (Lipinski definition) is 2. The second-order valence-corrected chi connectivity index (χ2v) is 3.55. The van der Waals surface area contributed by atoms with E-state index in [4.69, 9.17) is 5.11 Å². The summed E-state index contributed by atoms with van der Waals surface area (Å²) in [7, 11) is 0. The maximum atomic E-state index is 11.4. The van der Waals surface area contributed by atoms with Gasteiger partial charge in [0.05, 0.1) is 12.0 Å². The predicted octanol–water partition coefficient (Wildman–Crippen LogP) is 0.675. The molecule has 0 radical (unpaired) electrons. The van der Waals surface area contributed by atoms with Crippen molar-refractivity contribution >= 4 is 5.91 Å². The molecule has 1 aliphatic rings. The van der Waals surface area contributed by atoms with Gasteiger partial charge in [-0.25, -0.2) is 0 Å². The maximum Gasteiger partial charge on any atom is 0.228 e. The van der Waals surface area contributed by atoms with E-state index in [9.17, 15) is 4.79 Å². The van der Waals surface area contributed by atoms with Gasteiger partial charge < -0.3 is 10.4 Å². The van der Waals surface area contributed by atoms with Crippen LogP contribution in [0.5, 0.6) is 0 Å². The first-order valence-corrected chi connectivity index (χ1v) is 4.64. The number of carbonyl (C=O) groups excluding carboxylic acids is 1. The van der Waals surface area contributed by atoms with Crippen LogP contribution in [-0.4, -0.2) is 24.2 Å². The van der Waals surface area contributed by atoms with Crippen LogP contribution in [0.3, 0.4) is 0 Å². The van der Waals surface area contributed by atoms with Crippen molar-refractivity contribution in [1.29, 1.82) is 0 Å². The van der Waals surface area contributed by atoms with Crippen LogP contribution in [0.25, 0.3) is 0 Å². The first-order valence-electron chi connectivity index (χ1n) is 4.64. The Morgan fingerprint density at radius 3 is 2.67 bits per heavy atom. The zero-order valence-electron chi connectivity index (χ0n) is 7.60. The minimum absolute atomic E-state index is 0.00492. The number of rotatable bonds is 5. The SMILES string of the molecule is CCCCNC(=O)C1(CO)CC1. The zero-order chi connectivity index (χ0) is 9.03. The van der Waals surface area contributed by atoms with E-state index in [1.165, 1.54) is 0 Å². The summed E-state index contributed by atoms with van der Waals surface area (Å²) in [4.78, 5) is 11.4. The Balaban J connectivity index is 2.20. The third-order valence-electron chi connectivity index (χ3n) is 2.45. The molecule has 0 aromatic rings. The van der Waals surface area contributed by atoms with E-state index in [2.05, 4.69) is 12.2 Å². The molecular weight excluding hydrogens is 154 g/mol. The minimum atomic E-state index is -0.395. The first kappa shape index (κ1) is 9.52. The lowest BCUT2D eigenvalue weighted by Crippen LogP contribution is -2.34. The molecule has 0 unspecified atom stereocenters. The van der Waals surface area contributed by atoms with E-state index < -0.39 is 5.41 Å². The van der Waals surface area contributed by atoms with Crippen LogP contribution in [0.2, 0.25) is 0 Å². The Hall–Kier alpha value is -0.570. The summed E-state index contributed by atoms with van der Waals surface area (Å²) < 4.78 is 0. The molecule has 0 aromatic heterocycles. The third kappa shape index (κ3) is 1.97. The summed E-state index contributed by atoms with van der Waals surface area (Å²) in [5.74, 6) is 0.0402. The molecule has 0 saturated heterocycles. The largest absolute Gasteiger partial charge is 0.395 e. The van der Waals surface area contributed by atoms with Gasteiger partial charge >= 0.3 is 0 Å². The average Bonchev–Trinajstić information content (AvgIpc) is 2.85. The summed E-state index contributed by atoms with van der Waals surface area (Å²) in [5, 5.41) is 11.8. The minimum Gasteiger partial charge on any atom is -0.395 e. The van der Waals surface area contributed by atoms with Gasteiger partial charge in [-0.15, -0.1) is 0 Å². The normalized spacial score (nSPS) is 18.8. The number of aliphatic hydroxyl groups excluding tert-OH is 1. The molecule has 2 N–H and O–H groups in total. The van der Waals surface area contributed by atoms with Gasteiger partial charge in [-0.05, 0) is 19.3 Å². The number of nitrogens with one attached hydrogen (secondary N) is 1. The van der Waals surface area contributed by atoms with Crippen molar-refractivity contribution in [1.82, 2.24) is 5.32 Å². The van der Waals surface area contributed by atoms with Crippen LogP contribution >= 0.6 is 0 Å². The van der Waals surface area contributed by atoms with Gasteiger partial charge in [0.25, 0.3) is 0 Å². The highest BCUT2D eigenvalue weighted by Crippen LogP contribution is 2.45. The molecule has 0 aromatic carbocycles. The number of unbranched alkanes of at least 4 members (excludes halogenated alkanes) is 1. The van der Waals surface area contributed by atoms with Gasteiger partial charge in [0, 0.05) is 6.54 Å². The smallest absolute Gasteiger partial charge is 0.228 e. The summed E-state index contributed by atoms with van der Waals surface area (Å²) in [5.41, 5.74) is -0.395. The van der Waals surface area contributed by atoms with Gasteiger partial charge in [-0.1, -0.05) is 13.3 Å². The second kappa shape index (κ2) is 3.90. The van der Waals surface area contributed by atoms with E-state index in [-0.39, 0.29) is 12.5 Å². The molecule has 1 fully saturated rings. The van der Waals surface area contributed by atoms with E-state index >= 15 is 0 Å². The second-order valence-electron chi connectivity index (χ2n) is 3.55. The molecule has 3 heteroatoms. The van der Waals surface area contributed by atoms with Crippen LogP contribution in [0.4, 0.5) is 0 Å². The lowest BCUT2D eigenvalue weighted by atomic mass is 10.1. The number of hydrogen-bond donors (Lipinski definition) is 2. The van der Waals surface area contributed by atoms with E-state index in [0.717, 1.165) is 32.2 Å². The van der Waals surface area contributed by atoms with Gasteiger partial charge in [-0.3, -0.25) is 4.79 Å². The number of amides is 1. The topological polar surface area (TPSA) is 49.3 Å². The van der Waals surface area contributed by atoms with Crippen molar-refractivity contribution in [2.75, 3.05) is 13.2 Å². The molecule has 0 aliphatic heterocycles. The van der Waals surface area contributed by atoms with Crippen molar-refractivity contribution < 1.29 is 9.90 Å². The van der Waals surface area contributed by atoms with Gasteiger partial charge in [0.2, 0.25) is 5.91 Å². The molecule has 0 atom stereocenters. The molecule has 1 rings (SSSR count). The highest BCUT2D eigenvalue weighted by molar-refractivity contribution is 5.85. The number of aliphatic hydroxyl groups is 1. The van der Waals surface area contributed by atoms with Gasteiger partial charge in [-0.2, -0.15) is 0 Å². The van der Waals surface area contributed by atoms with Crippen LogP contribution < -0.4 is 5.32 Å². The first-order chi connectivity index (χ1) is 5.75. The molecule has 3 nitrogen and oxygen atoms in total. The Labute approximate surface area is 73.2 Å². The van der Waals surface area contributed by atoms with Crippen LogP contribution in [0.15, 0.2) is 0 Å². The fourth-order valence-corrected chi connectivity index (χ4v) is 1.17. The molecule has 12 heavy (non-hydrogen) atoms. The maximum absolute atomic E-state index is 11.4. The van der Waals surface area contributed by atoms with Crippen molar-refractivity contribution in [2.24, 2.45) is 5.41 Å². The average molecular weight is 171 g/mol. The molecular formula is C9H17NO2. The van der Waals surface area contributed by atoms with Crippen molar-refractivity contribution in [3.8, 4) is 0 Å². The Bertz CT molecular complexity index is 164. The quantitative estimate of drug-likeness (QED) is 0.597. The monoisotopic (exact) mass is 171 g/mol. The molecule has 1 amide bonds. The Kier molecular flexibility index (Phi) is 3.09. The number of carbonyl (C=O) groups is 1. The molecule has 0 spiro atoms. The Morgan fingerprint density at radius 1 is 1.58 bits per heavy atom. The highest BCUT2D eigenvalue weighted by atomic mass is 16.3. The molecule has 1 aliphatic carbocycles. The third-order valence-corrected chi connectivity index (χ3v) is 2.45. The molecule has 1 saturated carbocycles. The molecule has 0 bridgehead atoms. The lowest BCUT2D eigenvalue weighted by molar-refractivity contribution is -0.127. The lowest BCUT2D eigenvalue weighted by Gasteiger charge is -2.11. The van der Waals surface area contributed by atoms with Crippen LogP contribution in [-0.2, 0) is 4.79 Å². The van der Waals surface area contributed by atoms with Crippen molar-refractivity contribution in [2.45, 2.75) is 32.6 Å². The summed E-state index contributed by atoms with van der Waals surface area (Å²) in [6.07, 6.45) is 3.81. The molecule has 0 heterocycles. The summed E-state index contributed by atoms with van der Waals surface area (Å²) >= 11 is 0. The fraction of sp³-hybridized carbons (Fsp3) is 0.889. The molecule has 70 valence electrons. The zero-order valence-corrected chi connectivity index (χ0v) is 7.60. The van der Waals surface area contributed by atoms with E-state index in [0.29, 0.717) is 0 Å². The van der Waals surface area contributed by atoms with E-state index in [1.807, 2.05) is 0 Å². The van der Waals surface area contributed by atoms with Gasteiger partial charge in [0.15, 0.2) is 0 Å². The van der Waals surface area contributed by atoms with Crippen molar-refractivity contribution in [3.05, 3.63) is 0 Å². The predicted molar refractivity (Wildman–Crippen MR) is 46.7 cm³/mol. The Morgan fingerprint density at radius 2 is 2.25 bits per heavy atom. The van der Waals surface area contributed by atoms with Gasteiger partial charge in [0.1, 0.15) is 0 Å². The standard InChI is InChI=1S/C9H17NO2/c1-2-3-6-10-8(12)9(7-11)4-5-9/h11H,2-7H2,1H3,(H,10,12). The summed E-state index contributed by atoms with van der Waals surface area (Å²) in [6, 6.07) is 0. The van der Waals surface area contributed by atoms with Crippen LogP contribution in [0, 0.1) is 5.41 Å². The highest BCUT2D eigenvalue weighted by Gasteiger charge is 2.48. The van der Waals surface area contributed by atoms with Crippen LogP contribution in [0.1, 0.15) is 32.6 Å². The van der Waals surface area contributed by atoms with Crippen molar-refractivity contribution in [3.63, 3.8) is 0 Å². The fourth-order valence-electron chi connectivity index (χ4n) is 1.17.